The molecule has 1 unspecified atom stereocenters. The Kier molecular flexibility index (Phi) is 4.75. The molecule has 17 heavy (non-hydrogen) atoms. The van der Waals surface area contributed by atoms with E-state index >= 15 is 0 Å². The average molecular weight is 230 g/mol. The normalized spacial score (nSPS) is 18.3. The van der Waals surface area contributed by atoms with Crippen LogP contribution in [-0.4, -0.2) is 18.1 Å². The minimum absolute atomic E-state index is 0.496. The summed E-state index contributed by atoms with van der Waals surface area (Å²) in [5.41, 5.74) is 2.96. The second-order valence-corrected chi connectivity index (χ2v) is 4.78. The predicted octanol–water partition coefficient (Wildman–Crippen LogP) is 3.10. The Morgan fingerprint density at radius 3 is 2.82 bits per heavy atom. The van der Waals surface area contributed by atoms with Gasteiger partial charge >= 0.3 is 0 Å². The van der Waals surface area contributed by atoms with E-state index in [9.17, 15) is 0 Å². The van der Waals surface area contributed by atoms with E-state index in [2.05, 4.69) is 35.6 Å². The van der Waals surface area contributed by atoms with E-state index in [4.69, 9.17) is 0 Å². The van der Waals surface area contributed by atoms with Gasteiger partial charge in [0.2, 0.25) is 0 Å². The van der Waals surface area contributed by atoms with Gasteiger partial charge in [-0.25, -0.2) is 0 Å². The lowest BCUT2D eigenvalue weighted by Gasteiger charge is -2.19. The molecule has 0 saturated carbocycles. The Morgan fingerprint density at radius 1 is 1.24 bits per heavy atom. The van der Waals surface area contributed by atoms with Crippen LogP contribution in [0.5, 0.6) is 0 Å². The SMILES string of the molecule is CNC(Cc1ccncc1)C1=CCCCCC1. The molecule has 1 aliphatic carbocycles. The van der Waals surface area contributed by atoms with E-state index in [0.717, 1.165) is 6.42 Å². The average Bonchev–Trinajstić information content (AvgIpc) is 2.66. The summed E-state index contributed by atoms with van der Waals surface area (Å²) >= 11 is 0. The first-order valence-electron chi connectivity index (χ1n) is 6.65. The van der Waals surface area contributed by atoms with Crippen molar-refractivity contribution in [2.24, 2.45) is 0 Å². The maximum Gasteiger partial charge on any atom is 0.0317 e. The zero-order chi connectivity index (χ0) is 11.9. The Hall–Kier alpha value is -1.15. The van der Waals surface area contributed by atoms with Gasteiger partial charge in [0.25, 0.3) is 0 Å². The Labute approximate surface area is 104 Å². The second kappa shape index (κ2) is 6.55. The highest BCUT2D eigenvalue weighted by molar-refractivity contribution is 5.19. The van der Waals surface area contributed by atoms with Gasteiger partial charge in [-0.1, -0.05) is 18.1 Å². The number of hydrogen-bond donors (Lipinski definition) is 1. The van der Waals surface area contributed by atoms with Crippen LogP contribution in [0.2, 0.25) is 0 Å². The molecule has 1 N–H and O–H groups in total. The standard InChI is InChI=1S/C15H22N2/c1-16-15(12-13-8-10-17-11-9-13)14-6-4-2-3-5-7-14/h6,8-11,15-16H,2-5,7,12H2,1H3. The summed E-state index contributed by atoms with van der Waals surface area (Å²) in [4.78, 5) is 4.07. The molecule has 1 aromatic rings. The molecule has 2 heteroatoms. The molecule has 0 bridgehead atoms. The minimum atomic E-state index is 0.496. The van der Waals surface area contributed by atoms with Gasteiger partial charge in [-0.15, -0.1) is 0 Å². The summed E-state index contributed by atoms with van der Waals surface area (Å²) in [5, 5.41) is 3.46. The minimum Gasteiger partial charge on any atom is -0.313 e. The summed E-state index contributed by atoms with van der Waals surface area (Å²) in [6.45, 7) is 0. The van der Waals surface area contributed by atoms with Crippen molar-refractivity contribution in [1.82, 2.24) is 10.3 Å². The molecule has 0 aromatic carbocycles. The fraction of sp³-hybridized carbons (Fsp3) is 0.533. The molecule has 1 atom stereocenters. The predicted molar refractivity (Wildman–Crippen MR) is 72.0 cm³/mol. The maximum absolute atomic E-state index is 4.07. The Morgan fingerprint density at radius 2 is 2.06 bits per heavy atom. The fourth-order valence-corrected chi connectivity index (χ4v) is 2.53. The molecular formula is C15H22N2. The largest absolute Gasteiger partial charge is 0.313 e. The van der Waals surface area contributed by atoms with Gasteiger partial charge < -0.3 is 5.32 Å². The molecule has 0 spiro atoms. The van der Waals surface area contributed by atoms with Gasteiger partial charge in [0.1, 0.15) is 0 Å². The van der Waals surface area contributed by atoms with Crippen LogP contribution in [0, 0.1) is 0 Å². The molecule has 0 saturated heterocycles. The van der Waals surface area contributed by atoms with Crippen LogP contribution < -0.4 is 5.32 Å². The summed E-state index contributed by atoms with van der Waals surface area (Å²) in [6, 6.07) is 4.72. The summed E-state index contributed by atoms with van der Waals surface area (Å²) in [6.07, 6.45) is 13.9. The third-order valence-electron chi connectivity index (χ3n) is 3.56. The van der Waals surface area contributed by atoms with E-state index < -0.39 is 0 Å². The molecule has 1 heterocycles. The number of nitrogens with zero attached hydrogens (tertiary/aromatic N) is 1. The number of rotatable bonds is 4. The van der Waals surface area contributed by atoms with Crippen molar-refractivity contribution < 1.29 is 0 Å². The molecule has 0 radical (unpaired) electrons. The van der Waals surface area contributed by atoms with Crippen molar-refractivity contribution in [3.63, 3.8) is 0 Å². The van der Waals surface area contributed by atoms with Crippen molar-refractivity contribution in [2.45, 2.75) is 44.6 Å². The van der Waals surface area contributed by atoms with E-state index in [1.54, 1.807) is 5.57 Å². The molecule has 92 valence electrons. The van der Waals surface area contributed by atoms with E-state index in [-0.39, 0.29) is 0 Å². The first-order chi connectivity index (χ1) is 8.40. The fourth-order valence-electron chi connectivity index (χ4n) is 2.53. The number of nitrogens with one attached hydrogen (secondary N) is 1. The van der Waals surface area contributed by atoms with Gasteiger partial charge in [0.05, 0.1) is 0 Å². The second-order valence-electron chi connectivity index (χ2n) is 4.78. The van der Waals surface area contributed by atoms with Gasteiger partial charge in [-0.3, -0.25) is 4.98 Å². The van der Waals surface area contributed by atoms with Crippen LogP contribution in [0.4, 0.5) is 0 Å². The molecule has 0 amide bonds. The highest BCUT2D eigenvalue weighted by Crippen LogP contribution is 2.21. The van der Waals surface area contributed by atoms with Crippen molar-refractivity contribution in [2.75, 3.05) is 7.05 Å². The zero-order valence-electron chi connectivity index (χ0n) is 10.7. The van der Waals surface area contributed by atoms with Crippen LogP contribution in [0.15, 0.2) is 36.2 Å². The quantitative estimate of drug-likeness (QED) is 0.804. The molecule has 0 fully saturated rings. The molecular weight excluding hydrogens is 208 g/mol. The van der Waals surface area contributed by atoms with Gasteiger partial charge in [0.15, 0.2) is 0 Å². The number of aromatic nitrogens is 1. The lowest BCUT2D eigenvalue weighted by molar-refractivity contribution is 0.597. The van der Waals surface area contributed by atoms with Crippen molar-refractivity contribution in [1.29, 1.82) is 0 Å². The smallest absolute Gasteiger partial charge is 0.0317 e. The van der Waals surface area contributed by atoms with Gasteiger partial charge in [0, 0.05) is 18.4 Å². The molecule has 2 rings (SSSR count). The summed E-state index contributed by atoms with van der Waals surface area (Å²) < 4.78 is 0. The van der Waals surface area contributed by atoms with Crippen LogP contribution in [0.1, 0.15) is 37.7 Å². The van der Waals surface area contributed by atoms with E-state index in [1.807, 2.05) is 12.4 Å². The van der Waals surface area contributed by atoms with Crippen molar-refractivity contribution >= 4 is 0 Å². The van der Waals surface area contributed by atoms with Gasteiger partial charge in [-0.05, 0) is 56.8 Å². The Balaban J connectivity index is 2.03. The number of likely N-dealkylation sites (N-methyl/N-ethyl adjacent to an activating group) is 1. The molecule has 2 nitrogen and oxygen atoms in total. The van der Waals surface area contributed by atoms with Crippen LogP contribution >= 0.6 is 0 Å². The first kappa shape index (κ1) is 12.3. The zero-order valence-corrected chi connectivity index (χ0v) is 10.7. The van der Waals surface area contributed by atoms with E-state index in [1.165, 1.54) is 37.7 Å². The third kappa shape index (κ3) is 3.67. The van der Waals surface area contributed by atoms with Crippen LogP contribution in [-0.2, 0) is 6.42 Å². The van der Waals surface area contributed by atoms with Crippen LogP contribution in [0.3, 0.4) is 0 Å². The lowest BCUT2D eigenvalue weighted by atomic mass is 9.96. The molecule has 1 aromatic heterocycles. The summed E-state index contributed by atoms with van der Waals surface area (Å²) in [5.74, 6) is 0. The lowest BCUT2D eigenvalue weighted by Crippen LogP contribution is -2.29. The summed E-state index contributed by atoms with van der Waals surface area (Å²) in [7, 11) is 2.07. The molecule has 1 aliphatic rings. The topological polar surface area (TPSA) is 24.9 Å². The maximum atomic E-state index is 4.07. The monoisotopic (exact) mass is 230 g/mol. The number of pyridine rings is 1. The highest BCUT2D eigenvalue weighted by Gasteiger charge is 2.14. The Bertz CT molecular complexity index is 356. The van der Waals surface area contributed by atoms with Crippen LogP contribution in [0.25, 0.3) is 0 Å². The molecule has 0 aliphatic heterocycles. The van der Waals surface area contributed by atoms with E-state index in [0.29, 0.717) is 6.04 Å². The van der Waals surface area contributed by atoms with Crippen molar-refractivity contribution in [3.8, 4) is 0 Å². The van der Waals surface area contributed by atoms with Gasteiger partial charge in [-0.2, -0.15) is 0 Å². The third-order valence-corrected chi connectivity index (χ3v) is 3.56. The highest BCUT2D eigenvalue weighted by atomic mass is 14.9. The van der Waals surface area contributed by atoms with Crippen molar-refractivity contribution in [3.05, 3.63) is 41.7 Å². The first-order valence-corrected chi connectivity index (χ1v) is 6.65. The number of allylic oxidation sites excluding steroid dienone is 1. The number of hydrogen-bond acceptors (Lipinski definition) is 2.